The van der Waals surface area contributed by atoms with Crippen LogP contribution in [0.1, 0.15) is 23.0 Å². The molecule has 1 aromatic carbocycles. The van der Waals surface area contributed by atoms with Crippen LogP contribution >= 0.6 is 11.3 Å². The minimum atomic E-state index is -2.97. The van der Waals surface area contributed by atoms with Gasteiger partial charge in [-0.1, -0.05) is 30.3 Å². The number of aromatic nitrogens is 1. The van der Waals surface area contributed by atoms with Crippen molar-refractivity contribution in [2.45, 2.75) is 12.5 Å². The third-order valence-corrected chi connectivity index (χ3v) is 6.71. The topological polar surface area (TPSA) is 79.4 Å². The molecular weight excluding hydrogens is 358 g/mol. The third-order valence-electron chi connectivity index (χ3n) is 4.15. The molecule has 1 aromatic heterocycles. The van der Waals surface area contributed by atoms with E-state index in [0.717, 1.165) is 10.6 Å². The lowest BCUT2D eigenvalue weighted by Crippen LogP contribution is -2.40. The fraction of sp³-hybridized carbons (Fsp3) is 0.412. The molecule has 0 saturated carbocycles. The molecule has 1 aliphatic heterocycles. The predicted octanol–water partition coefficient (Wildman–Crippen LogP) is 1.47. The first-order chi connectivity index (χ1) is 12.0. The van der Waals surface area contributed by atoms with Gasteiger partial charge in [-0.05, 0) is 18.5 Å². The van der Waals surface area contributed by atoms with Crippen LogP contribution in [0.25, 0.3) is 0 Å². The number of hydrogen-bond acceptors (Lipinski definition) is 6. The van der Waals surface area contributed by atoms with Crippen molar-refractivity contribution < 1.29 is 13.2 Å². The van der Waals surface area contributed by atoms with Crippen molar-refractivity contribution in [3.8, 4) is 0 Å². The minimum Gasteiger partial charge on any atom is -0.342 e. The fourth-order valence-corrected chi connectivity index (χ4v) is 4.89. The number of hydrogen-bond donors (Lipinski definition) is 1. The molecule has 1 saturated heterocycles. The molecule has 0 aliphatic carbocycles. The monoisotopic (exact) mass is 379 g/mol. The summed E-state index contributed by atoms with van der Waals surface area (Å²) in [6.07, 6.45) is 2.30. The molecule has 1 amide bonds. The second-order valence-electron chi connectivity index (χ2n) is 6.06. The largest absolute Gasteiger partial charge is 0.342 e. The smallest absolute Gasteiger partial charge is 0.235 e. The summed E-state index contributed by atoms with van der Waals surface area (Å²) in [5.41, 5.74) is 0.976. The molecule has 134 valence electrons. The number of benzene rings is 1. The maximum absolute atomic E-state index is 12.5. The summed E-state index contributed by atoms with van der Waals surface area (Å²) in [6.45, 7) is 1.23. The first-order valence-corrected chi connectivity index (χ1v) is 10.9. The standard InChI is InChI=1S/C17H21N3O3S2/c21-15(13-20-8-4-11-25(22,23)12-9-20)19-16(17-18-7-10-24-17)14-5-2-1-3-6-14/h1-3,5-7,10,16H,4,8-9,11-13H2,(H,19,21). The highest BCUT2D eigenvalue weighted by Gasteiger charge is 2.23. The number of nitrogens with zero attached hydrogens (tertiary/aromatic N) is 2. The van der Waals surface area contributed by atoms with Crippen LogP contribution in [0.5, 0.6) is 0 Å². The summed E-state index contributed by atoms with van der Waals surface area (Å²) < 4.78 is 23.4. The van der Waals surface area contributed by atoms with E-state index >= 15 is 0 Å². The zero-order valence-corrected chi connectivity index (χ0v) is 15.4. The number of nitrogens with one attached hydrogen (secondary N) is 1. The number of amides is 1. The summed E-state index contributed by atoms with van der Waals surface area (Å²) in [5, 5.41) is 5.76. The quantitative estimate of drug-likeness (QED) is 0.851. The molecule has 1 atom stereocenters. The molecule has 0 spiro atoms. The van der Waals surface area contributed by atoms with E-state index in [9.17, 15) is 13.2 Å². The summed E-state index contributed by atoms with van der Waals surface area (Å²) in [6, 6.07) is 9.44. The first kappa shape index (κ1) is 18.0. The van der Waals surface area contributed by atoms with E-state index < -0.39 is 9.84 Å². The van der Waals surface area contributed by atoms with Crippen molar-refractivity contribution in [2.75, 3.05) is 31.1 Å². The van der Waals surface area contributed by atoms with Gasteiger partial charge in [0.1, 0.15) is 11.0 Å². The van der Waals surface area contributed by atoms with Crippen molar-refractivity contribution in [2.24, 2.45) is 0 Å². The maximum atomic E-state index is 12.5. The molecular formula is C17H21N3O3S2. The number of carbonyl (C=O) groups excluding carboxylic acids is 1. The lowest BCUT2D eigenvalue weighted by molar-refractivity contribution is -0.122. The normalized spacial score (nSPS) is 19.0. The first-order valence-electron chi connectivity index (χ1n) is 8.20. The van der Waals surface area contributed by atoms with Crippen LogP contribution < -0.4 is 5.32 Å². The summed E-state index contributed by atoms with van der Waals surface area (Å²) in [5.74, 6) is 0.203. The van der Waals surface area contributed by atoms with Crippen molar-refractivity contribution in [3.05, 3.63) is 52.5 Å². The molecule has 8 heteroatoms. The van der Waals surface area contributed by atoms with E-state index in [-0.39, 0.29) is 30.0 Å². The molecule has 2 aromatic rings. The molecule has 1 aliphatic rings. The van der Waals surface area contributed by atoms with Crippen LogP contribution in [0.15, 0.2) is 41.9 Å². The van der Waals surface area contributed by atoms with Crippen LogP contribution in [0.2, 0.25) is 0 Å². The second kappa shape index (κ2) is 8.07. The van der Waals surface area contributed by atoms with Crippen molar-refractivity contribution in [3.63, 3.8) is 0 Å². The SMILES string of the molecule is O=C(CN1CCCS(=O)(=O)CC1)NC(c1ccccc1)c1nccs1. The molecule has 0 radical (unpaired) electrons. The Morgan fingerprint density at radius 2 is 2.04 bits per heavy atom. The number of sulfone groups is 1. The third kappa shape index (κ3) is 5.10. The Morgan fingerprint density at radius 1 is 1.24 bits per heavy atom. The van der Waals surface area contributed by atoms with Gasteiger partial charge in [-0.2, -0.15) is 0 Å². The highest BCUT2D eigenvalue weighted by molar-refractivity contribution is 7.91. The molecule has 3 rings (SSSR count). The Morgan fingerprint density at radius 3 is 2.76 bits per heavy atom. The van der Waals surface area contributed by atoms with Gasteiger partial charge in [0.25, 0.3) is 0 Å². The van der Waals surface area contributed by atoms with Crippen molar-refractivity contribution in [1.82, 2.24) is 15.2 Å². The number of carbonyl (C=O) groups is 1. The van der Waals surface area contributed by atoms with E-state index in [4.69, 9.17) is 0 Å². The second-order valence-corrected chi connectivity index (χ2v) is 9.29. The molecule has 6 nitrogen and oxygen atoms in total. The van der Waals surface area contributed by atoms with E-state index in [1.165, 1.54) is 11.3 Å². The van der Waals surface area contributed by atoms with Gasteiger partial charge in [0.2, 0.25) is 5.91 Å². The Kier molecular flexibility index (Phi) is 5.82. The lowest BCUT2D eigenvalue weighted by Gasteiger charge is -2.22. The van der Waals surface area contributed by atoms with Crippen molar-refractivity contribution in [1.29, 1.82) is 0 Å². The van der Waals surface area contributed by atoms with Crippen LogP contribution in [0, 0.1) is 0 Å². The van der Waals surface area contributed by atoms with Gasteiger partial charge < -0.3 is 5.32 Å². The molecule has 1 unspecified atom stereocenters. The maximum Gasteiger partial charge on any atom is 0.235 e. The van der Waals surface area contributed by atoms with E-state index in [1.54, 1.807) is 6.20 Å². The van der Waals surface area contributed by atoms with Gasteiger partial charge in [-0.25, -0.2) is 13.4 Å². The minimum absolute atomic E-state index is 0.120. The summed E-state index contributed by atoms with van der Waals surface area (Å²) >= 11 is 1.50. The van der Waals surface area contributed by atoms with Gasteiger partial charge in [0.05, 0.1) is 18.1 Å². The molecule has 0 bridgehead atoms. The number of thiazole rings is 1. The van der Waals surface area contributed by atoms with Crippen LogP contribution in [-0.2, 0) is 14.6 Å². The molecule has 25 heavy (non-hydrogen) atoms. The Balaban J connectivity index is 1.67. The zero-order valence-electron chi connectivity index (χ0n) is 13.8. The van der Waals surface area contributed by atoms with Gasteiger partial charge in [0.15, 0.2) is 9.84 Å². The van der Waals surface area contributed by atoms with Gasteiger partial charge in [-0.15, -0.1) is 11.3 Å². The Bertz CT molecular complexity index is 792. The van der Waals surface area contributed by atoms with Crippen molar-refractivity contribution >= 4 is 27.1 Å². The van der Waals surface area contributed by atoms with Crippen LogP contribution in [0.4, 0.5) is 0 Å². The van der Waals surface area contributed by atoms with Crippen LogP contribution in [0.3, 0.4) is 0 Å². The fourth-order valence-electron chi connectivity index (χ4n) is 2.87. The van der Waals surface area contributed by atoms with Crippen LogP contribution in [-0.4, -0.2) is 55.3 Å². The molecule has 2 heterocycles. The van der Waals surface area contributed by atoms with E-state index in [0.29, 0.717) is 19.5 Å². The average molecular weight is 380 g/mol. The summed E-state index contributed by atoms with van der Waals surface area (Å²) in [7, 11) is -2.97. The average Bonchev–Trinajstić information content (AvgIpc) is 3.06. The highest BCUT2D eigenvalue weighted by atomic mass is 32.2. The van der Waals surface area contributed by atoms with Gasteiger partial charge >= 0.3 is 0 Å². The Hall–Kier alpha value is -1.77. The van der Waals surface area contributed by atoms with Gasteiger partial charge in [0, 0.05) is 18.1 Å². The molecule has 1 N–H and O–H groups in total. The highest BCUT2D eigenvalue weighted by Crippen LogP contribution is 2.23. The van der Waals surface area contributed by atoms with E-state index in [2.05, 4.69) is 10.3 Å². The molecule has 1 fully saturated rings. The van der Waals surface area contributed by atoms with Gasteiger partial charge in [-0.3, -0.25) is 9.69 Å². The Labute approximate surface area is 151 Å². The lowest BCUT2D eigenvalue weighted by atomic mass is 10.1. The number of rotatable bonds is 5. The zero-order chi connectivity index (χ0) is 17.7. The predicted molar refractivity (Wildman–Crippen MR) is 98.3 cm³/mol. The van der Waals surface area contributed by atoms with E-state index in [1.807, 2.05) is 40.6 Å². The summed E-state index contributed by atoms with van der Waals surface area (Å²) in [4.78, 5) is 18.8.